The van der Waals surface area contributed by atoms with Crippen LogP contribution in [-0.2, 0) is 6.42 Å². The van der Waals surface area contributed by atoms with E-state index in [9.17, 15) is 10.2 Å². The van der Waals surface area contributed by atoms with Crippen LogP contribution in [0.15, 0.2) is 91.0 Å². The number of pyridine rings is 1. The van der Waals surface area contributed by atoms with E-state index in [1.54, 1.807) is 24.3 Å². The van der Waals surface area contributed by atoms with Crippen molar-refractivity contribution in [1.29, 1.82) is 0 Å². The van der Waals surface area contributed by atoms with Gasteiger partial charge in [0.15, 0.2) is 0 Å². The molecule has 0 spiro atoms. The van der Waals surface area contributed by atoms with Crippen LogP contribution < -0.4 is 4.90 Å². The molecule has 0 saturated carbocycles. The van der Waals surface area contributed by atoms with Gasteiger partial charge in [0.1, 0.15) is 17.3 Å². The van der Waals surface area contributed by atoms with Gasteiger partial charge in [-0.3, -0.25) is 0 Å². The van der Waals surface area contributed by atoms with Gasteiger partial charge in [0, 0.05) is 19.2 Å². The van der Waals surface area contributed by atoms with E-state index < -0.39 is 0 Å². The first kappa shape index (κ1) is 19.5. The lowest BCUT2D eigenvalue weighted by Crippen LogP contribution is -2.21. The molecule has 1 aromatic heterocycles. The molecule has 0 aliphatic rings. The SMILES string of the molecule is CN(CCc1ccccc1)c1cc(-c2ccc(O)cc2)cc(-c2cccc(O)c2)n1. The summed E-state index contributed by atoms with van der Waals surface area (Å²) >= 11 is 0. The zero-order chi connectivity index (χ0) is 20.9. The summed E-state index contributed by atoms with van der Waals surface area (Å²) in [7, 11) is 2.04. The van der Waals surface area contributed by atoms with Crippen LogP contribution in [0.25, 0.3) is 22.4 Å². The minimum absolute atomic E-state index is 0.211. The minimum atomic E-state index is 0.211. The molecule has 0 bridgehead atoms. The zero-order valence-corrected chi connectivity index (χ0v) is 16.9. The van der Waals surface area contributed by atoms with E-state index in [4.69, 9.17) is 4.98 Å². The maximum atomic E-state index is 9.91. The molecule has 2 N–H and O–H groups in total. The quantitative estimate of drug-likeness (QED) is 0.451. The molecule has 0 aliphatic heterocycles. The number of nitrogens with zero attached hydrogens (tertiary/aromatic N) is 2. The van der Waals surface area contributed by atoms with Crippen LogP contribution in [0.3, 0.4) is 0 Å². The fourth-order valence-electron chi connectivity index (χ4n) is 3.40. The molecule has 0 aliphatic carbocycles. The van der Waals surface area contributed by atoms with E-state index in [0.717, 1.165) is 41.2 Å². The predicted molar refractivity (Wildman–Crippen MR) is 122 cm³/mol. The average Bonchev–Trinajstić information content (AvgIpc) is 2.78. The van der Waals surface area contributed by atoms with Crippen LogP contribution in [0.2, 0.25) is 0 Å². The highest BCUT2D eigenvalue weighted by atomic mass is 16.3. The van der Waals surface area contributed by atoms with Crippen LogP contribution in [0.1, 0.15) is 5.56 Å². The third kappa shape index (κ3) is 4.61. The van der Waals surface area contributed by atoms with Crippen LogP contribution >= 0.6 is 0 Å². The van der Waals surface area contributed by atoms with Crippen LogP contribution in [0, 0.1) is 0 Å². The number of phenols is 2. The van der Waals surface area contributed by atoms with E-state index in [2.05, 4.69) is 35.2 Å². The topological polar surface area (TPSA) is 56.6 Å². The fourth-order valence-corrected chi connectivity index (χ4v) is 3.40. The molecule has 0 unspecified atom stereocenters. The second kappa shape index (κ2) is 8.70. The second-order valence-electron chi connectivity index (χ2n) is 7.35. The van der Waals surface area contributed by atoms with Gasteiger partial charge >= 0.3 is 0 Å². The van der Waals surface area contributed by atoms with Crippen LogP contribution in [0.4, 0.5) is 5.82 Å². The standard InChI is InChI=1S/C26H24N2O2/c1-28(15-14-19-6-3-2-4-7-19)26-18-22(20-10-12-23(29)13-11-20)17-25(27-26)21-8-5-9-24(30)16-21/h2-13,16-18,29-30H,14-15H2,1H3. The average molecular weight is 396 g/mol. The number of hydrogen-bond donors (Lipinski definition) is 2. The van der Waals surface area contributed by atoms with E-state index >= 15 is 0 Å². The molecule has 30 heavy (non-hydrogen) atoms. The number of anilines is 1. The maximum Gasteiger partial charge on any atom is 0.129 e. The van der Waals surface area contributed by atoms with Crippen molar-refractivity contribution in [2.45, 2.75) is 6.42 Å². The van der Waals surface area contributed by atoms with Crippen molar-refractivity contribution < 1.29 is 10.2 Å². The van der Waals surface area contributed by atoms with Gasteiger partial charge in [-0.15, -0.1) is 0 Å². The highest BCUT2D eigenvalue weighted by Crippen LogP contribution is 2.31. The predicted octanol–water partition coefficient (Wildman–Crippen LogP) is 5.51. The summed E-state index contributed by atoms with van der Waals surface area (Å²) in [5.41, 5.74) is 4.93. The van der Waals surface area contributed by atoms with Gasteiger partial charge in [0.2, 0.25) is 0 Å². The Balaban J connectivity index is 1.70. The number of aromatic nitrogens is 1. The molecule has 0 atom stereocenters. The summed E-state index contributed by atoms with van der Waals surface area (Å²) in [5.74, 6) is 1.30. The first-order valence-corrected chi connectivity index (χ1v) is 9.94. The molecule has 4 nitrogen and oxygen atoms in total. The molecular weight excluding hydrogens is 372 g/mol. The van der Waals surface area contributed by atoms with Gasteiger partial charge in [0.05, 0.1) is 5.69 Å². The van der Waals surface area contributed by atoms with Crippen LogP contribution in [-0.4, -0.2) is 28.8 Å². The Morgan fingerprint density at radius 1 is 0.700 bits per heavy atom. The molecule has 150 valence electrons. The Kier molecular flexibility index (Phi) is 5.66. The number of benzene rings is 3. The number of phenolic OH excluding ortho intramolecular Hbond substituents is 2. The van der Waals surface area contributed by atoms with Crippen LogP contribution in [0.5, 0.6) is 11.5 Å². The molecule has 0 radical (unpaired) electrons. The third-order valence-electron chi connectivity index (χ3n) is 5.12. The molecule has 0 fully saturated rings. The molecular formula is C26H24N2O2. The van der Waals surface area contributed by atoms with Gasteiger partial charge in [-0.1, -0.05) is 54.6 Å². The smallest absolute Gasteiger partial charge is 0.129 e. The number of rotatable bonds is 6. The molecule has 0 saturated heterocycles. The summed E-state index contributed by atoms with van der Waals surface area (Å²) in [5, 5.41) is 19.6. The Hall–Kier alpha value is -3.79. The lowest BCUT2D eigenvalue weighted by Gasteiger charge is -2.20. The Labute approximate surface area is 176 Å². The monoisotopic (exact) mass is 396 g/mol. The van der Waals surface area contributed by atoms with E-state index in [0.29, 0.717) is 0 Å². The molecule has 4 aromatic rings. The first-order valence-electron chi connectivity index (χ1n) is 9.94. The Morgan fingerprint density at radius 3 is 2.20 bits per heavy atom. The van der Waals surface area contributed by atoms with Crippen molar-refractivity contribution in [3.63, 3.8) is 0 Å². The van der Waals surface area contributed by atoms with Gasteiger partial charge in [-0.2, -0.15) is 0 Å². The summed E-state index contributed by atoms with van der Waals surface area (Å²) in [6, 6.07) is 28.7. The van der Waals surface area contributed by atoms with E-state index in [-0.39, 0.29) is 11.5 Å². The molecule has 4 heteroatoms. The lowest BCUT2D eigenvalue weighted by atomic mass is 10.0. The number of hydrogen-bond acceptors (Lipinski definition) is 4. The normalized spacial score (nSPS) is 10.7. The van der Waals surface area contributed by atoms with Gasteiger partial charge in [0.25, 0.3) is 0 Å². The number of likely N-dealkylation sites (N-methyl/N-ethyl adjacent to an activating group) is 1. The van der Waals surface area contributed by atoms with Gasteiger partial charge in [-0.05, 0) is 59.5 Å². The summed E-state index contributed by atoms with van der Waals surface area (Å²) < 4.78 is 0. The highest BCUT2D eigenvalue weighted by Gasteiger charge is 2.11. The molecule has 3 aromatic carbocycles. The molecule has 4 rings (SSSR count). The first-order chi connectivity index (χ1) is 14.6. The second-order valence-corrected chi connectivity index (χ2v) is 7.35. The van der Waals surface area contributed by atoms with Crippen molar-refractivity contribution in [2.24, 2.45) is 0 Å². The molecule has 1 heterocycles. The Bertz CT molecular complexity index is 1130. The summed E-state index contributed by atoms with van der Waals surface area (Å²) in [6.07, 6.45) is 0.921. The minimum Gasteiger partial charge on any atom is -0.508 e. The Morgan fingerprint density at radius 2 is 1.47 bits per heavy atom. The van der Waals surface area contributed by atoms with Crippen molar-refractivity contribution >= 4 is 5.82 Å². The zero-order valence-electron chi connectivity index (χ0n) is 16.9. The maximum absolute atomic E-state index is 9.91. The fraction of sp³-hybridized carbons (Fsp3) is 0.115. The number of aromatic hydroxyl groups is 2. The summed E-state index contributed by atoms with van der Waals surface area (Å²) in [4.78, 5) is 7.01. The summed E-state index contributed by atoms with van der Waals surface area (Å²) in [6.45, 7) is 0.829. The van der Waals surface area contributed by atoms with E-state index in [1.807, 2.05) is 43.4 Å². The van der Waals surface area contributed by atoms with Gasteiger partial charge < -0.3 is 15.1 Å². The highest BCUT2D eigenvalue weighted by molar-refractivity contribution is 5.74. The van der Waals surface area contributed by atoms with Crippen molar-refractivity contribution in [3.8, 4) is 33.9 Å². The van der Waals surface area contributed by atoms with Crippen molar-refractivity contribution in [2.75, 3.05) is 18.5 Å². The third-order valence-corrected chi connectivity index (χ3v) is 5.12. The van der Waals surface area contributed by atoms with Gasteiger partial charge in [-0.25, -0.2) is 4.98 Å². The van der Waals surface area contributed by atoms with Crippen molar-refractivity contribution in [3.05, 3.63) is 96.6 Å². The molecule has 0 amide bonds. The van der Waals surface area contributed by atoms with Crippen molar-refractivity contribution in [1.82, 2.24) is 4.98 Å². The largest absolute Gasteiger partial charge is 0.508 e. The lowest BCUT2D eigenvalue weighted by molar-refractivity contribution is 0.475. The van der Waals surface area contributed by atoms with E-state index in [1.165, 1.54) is 5.56 Å².